The van der Waals surface area contributed by atoms with Gasteiger partial charge in [0, 0.05) is 6.42 Å². The summed E-state index contributed by atoms with van der Waals surface area (Å²) in [5.74, 6) is 1.66. The van der Waals surface area contributed by atoms with Gasteiger partial charge >= 0.3 is 0 Å². The number of nitrogen functional groups attached to an aromatic ring is 1. The molecule has 4 heteroatoms. The molecule has 0 saturated carbocycles. The highest BCUT2D eigenvalue weighted by Crippen LogP contribution is 2.35. The average molecular weight is 241 g/mol. The van der Waals surface area contributed by atoms with Gasteiger partial charge in [-0.1, -0.05) is 25.5 Å². The Morgan fingerprint density at radius 2 is 2.11 bits per heavy atom. The van der Waals surface area contributed by atoms with E-state index in [1.165, 1.54) is 6.42 Å². The standard InChI is InChI=1S/C14H16N4/c1-2-3-8-11-17-12-9-6-4-5-7-10(9)16-14(15)13(12)18-11/h4-7H,2-3,8H2,1H3,(H2,15,16)(H,17,18)/p+1. The quantitative estimate of drug-likeness (QED) is 0.865. The predicted molar refractivity (Wildman–Crippen MR) is 74.4 cm³/mol. The van der Waals surface area contributed by atoms with Crippen LogP contribution in [-0.4, -0.2) is 10.8 Å². The molecule has 3 rings (SSSR count). The Bertz CT molecular complexity index is 631. The third-order valence-corrected chi connectivity index (χ3v) is 3.29. The first-order valence-corrected chi connectivity index (χ1v) is 6.40. The van der Waals surface area contributed by atoms with Crippen LogP contribution < -0.4 is 11.1 Å². The first kappa shape index (κ1) is 11.2. The minimum atomic E-state index is 0.534. The summed E-state index contributed by atoms with van der Waals surface area (Å²) in [6.45, 7) is 2.19. The van der Waals surface area contributed by atoms with Crippen LogP contribution in [0.3, 0.4) is 0 Å². The van der Waals surface area contributed by atoms with E-state index in [9.17, 15) is 0 Å². The molecule has 0 saturated heterocycles. The van der Waals surface area contributed by atoms with Crippen LogP contribution in [0.25, 0.3) is 10.9 Å². The molecule has 0 bridgehead atoms. The van der Waals surface area contributed by atoms with Crippen LogP contribution in [0.5, 0.6) is 0 Å². The summed E-state index contributed by atoms with van der Waals surface area (Å²) in [7, 11) is 0. The van der Waals surface area contributed by atoms with Crippen molar-refractivity contribution in [3.63, 3.8) is 0 Å². The summed E-state index contributed by atoms with van der Waals surface area (Å²) < 4.78 is 0. The Kier molecular flexibility index (Phi) is 2.72. The Balaban J connectivity index is 2.07. The van der Waals surface area contributed by atoms with E-state index in [2.05, 4.69) is 28.3 Å². The Hall–Kier alpha value is -1.94. The minimum Gasteiger partial charge on any atom is -0.382 e. The van der Waals surface area contributed by atoms with E-state index in [1.54, 1.807) is 0 Å². The molecule has 4 nitrogen and oxygen atoms in total. The molecule has 1 aliphatic rings. The van der Waals surface area contributed by atoms with Gasteiger partial charge in [-0.15, -0.1) is 0 Å². The summed E-state index contributed by atoms with van der Waals surface area (Å²) in [4.78, 5) is 9.03. The summed E-state index contributed by atoms with van der Waals surface area (Å²) in [5.41, 5.74) is 8.91. The van der Waals surface area contributed by atoms with Crippen molar-refractivity contribution < 1.29 is 5.32 Å². The molecule has 2 aromatic rings. The fraction of sp³-hybridized carbons (Fsp3) is 0.286. The fourth-order valence-electron chi connectivity index (χ4n) is 2.34. The van der Waals surface area contributed by atoms with E-state index in [-0.39, 0.29) is 0 Å². The van der Waals surface area contributed by atoms with Gasteiger partial charge in [-0.3, -0.25) is 5.32 Å². The van der Waals surface area contributed by atoms with Crippen LogP contribution >= 0.6 is 0 Å². The molecule has 2 heterocycles. The van der Waals surface area contributed by atoms with E-state index in [0.717, 1.165) is 41.0 Å². The second kappa shape index (κ2) is 4.38. The highest BCUT2D eigenvalue weighted by Gasteiger charge is 2.25. The van der Waals surface area contributed by atoms with Gasteiger partial charge in [0.2, 0.25) is 5.84 Å². The molecule has 92 valence electrons. The Morgan fingerprint density at radius 3 is 2.94 bits per heavy atom. The van der Waals surface area contributed by atoms with Crippen molar-refractivity contribution in [3.05, 3.63) is 24.3 Å². The third-order valence-electron chi connectivity index (χ3n) is 3.29. The Labute approximate surface area is 106 Å². The van der Waals surface area contributed by atoms with Crippen molar-refractivity contribution in [2.24, 2.45) is 4.99 Å². The normalized spacial score (nSPS) is 13.7. The number of anilines is 1. The van der Waals surface area contributed by atoms with Gasteiger partial charge in [-0.25, -0.2) is 4.98 Å². The molecule has 1 aliphatic heterocycles. The molecule has 0 fully saturated rings. The monoisotopic (exact) mass is 241 g/mol. The summed E-state index contributed by atoms with van der Waals surface area (Å²) in [5, 5.41) is 3.29. The number of nitrogens with zero attached hydrogens (tertiary/aromatic N) is 2. The maximum absolute atomic E-state index is 5.99. The predicted octanol–water partition coefficient (Wildman–Crippen LogP) is 2.25. The lowest BCUT2D eigenvalue weighted by molar-refractivity contribution is -0.439. The van der Waals surface area contributed by atoms with Gasteiger partial charge in [0.1, 0.15) is 0 Å². The van der Waals surface area contributed by atoms with Gasteiger partial charge in [0.05, 0.1) is 10.9 Å². The SMILES string of the molecule is CCCCC1=Nc2c(N)nc3ccccc3c2[NH2+]1. The van der Waals surface area contributed by atoms with Crippen LogP contribution in [0.15, 0.2) is 29.3 Å². The molecule has 0 unspecified atom stereocenters. The van der Waals surface area contributed by atoms with Crippen LogP contribution in [0, 0.1) is 0 Å². The number of hydrogen-bond donors (Lipinski definition) is 2. The number of benzene rings is 1. The first-order chi connectivity index (χ1) is 8.79. The second-order valence-electron chi connectivity index (χ2n) is 4.63. The number of quaternary nitrogens is 1. The van der Waals surface area contributed by atoms with Crippen LogP contribution in [0.1, 0.15) is 26.2 Å². The zero-order chi connectivity index (χ0) is 12.5. The number of aromatic nitrogens is 1. The van der Waals surface area contributed by atoms with Gasteiger partial charge in [-0.05, 0) is 18.6 Å². The fourth-order valence-corrected chi connectivity index (χ4v) is 2.34. The smallest absolute Gasteiger partial charge is 0.205 e. The second-order valence-corrected chi connectivity index (χ2v) is 4.63. The number of amidine groups is 1. The number of aliphatic imine (C=N–C) groups is 1. The lowest BCUT2D eigenvalue weighted by Gasteiger charge is -2.03. The number of hydrogen-bond acceptors (Lipinski definition) is 3. The summed E-state index contributed by atoms with van der Waals surface area (Å²) >= 11 is 0. The molecular formula is C14H17N4+. The summed E-state index contributed by atoms with van der Waals surface area (Å²) in [6.07, 6.45) is 3.35. The number of unbranched alkanes of at least 4 members (excludes halogenated alkanes) is 1. The molecule has 0 atom stereocenters. The minimum absolute atomic E-state index is 0.534. The van der Waals surface area contributed by atoms with Crippen LogP contribution in [-0.2, 0) is 0 Å². The molecule has 18 heavy (non-hydrogen) atoms. The lowest BCUT2D eigenvalue weighted by Crippen LogP contribution is -2.80. The highest BCUT2D eigenvalue weighted by atomic mass is 15.1. The number of fused-ring (bicyclic) bond motifs is 3. The average Bonchev–Trinajstić information content (AvgIpc) is 2.81. The molecule has 0 aliphatic carbocycles. The van der Waals surface area contributed by atoms with Crippen molar-refractivity contribution in [1.82, 2.24) is 4.98 Å². The summed E-state index contributed by atoms with van der Waals surface area (Å²) in [6, 6.07) is 8.08. The maximum Gasteiger partial charge on any atom is 0.205 e. The molecule has 1 aromatic carbocycles. The maximum atomic E-state index is 5.99. The van der Waals surface area contributed by atoms with Gasteiger partial charge in [0.15, 0.2) is 17.2 Å². The zero-order valence-electron chi connectivity index (χ0n) is 10.5. The topological polar surface area (TPSA) is 67.9 Å². The largest absolute Gasteiger partial charge is 0.382 e. The van der Waals surface area contributed by atoms with E-state index in [0.29, 0.717) is 5.82 Å². The molecule has 0 amide bonds. The van der Waals surface area contributed by atoms with Crippen molar-refractivity contribution in [2.45, 2.75) is 26.2 Å². The van der Waals surface area contributed by atoms with Gasteiger partial charge < -0.3 is 5.73 Å². The van der Waals surface area contributed by atoms with Crippen LogP contribution in [0.4, 0.5) is 17.2 Å². The number of para-hydroxylation sites is 1. The van der Waals surface area contributed by atoms with Crippen molar-refractivity contribution in [3.8, 4) is 0 Å². The lowest BCUT2D eigenvalue weighted by atomic mass is 10.1. The molecule has 0 radical (unpaired) electrons. The van der Waals surface area contributed by atoms with E-state index >= 15 is 0 Å². The van der Waals surface area contributed by atoms with Crippen LogP contribution in [0.2, 0.25) is 0 Å². The highest BCUT2D eigenvalue weighted by molar-refractivity contribution is 6.02. The van der Waals surface area contributed by atoms with E-state index in [4.69, 9.17) is 5.73 Å². The van der Waals surface area contributed by atoms with E-state index in [1.807, 2.05) is 18.2 Å². The van der Waals surface area contributed by atoms with Gasteiger partial charge in [0.25, 0.3) is 0 Å². The first-order valence-electron chi connectivity index (χ1n) is 6.40. The van der Waals surface area contributed by atoms with Crippen molar-refractivity contribution in [1.29, 1.82) is 0 Å². The number of pyridine rings is 1. The van der Waals surface area contributed by atoms with E-state index < -0.39 is 0 Å². The molecular weight excluding hydrogens is 224 g/mol. The molecule has 0 spiro atoms. The molecule has 1 aromatic heterocycles. The number of rotatable bonds is 3. The zero-order valence-corrected chi connectivity index (χ0v) is 10.5. The molecule has 4 N–H and O–H groups in total. The van der Waals surface area contributed by atoms with Gasteiger partial charge in [-0.2, -0.15) is 4.99 Å². The Morgan fingerprint density at radius 1 is 1.28 bits per heavy atom. The van der Waals surface area contributed by atoms with Crippen molar-refractivity contribution in [2.75, 3.05) is 5.73 Å². The third kappa shape index (κ3) is 1.75. The number of nitrogens with two attached hydrogens (primary N) is 2. The van der Waals surface area contributed by atoms with Crippen molar-refractivity contribution >= 4 is 33.9 Å².